The molecule has 1 heterocycles. The van der Waals surface area contributed by atoms with E-state index in [1.54, 1.807) is 11.3 Å². The Morgan fingerprint density at radius 2 is 1.74 bits per heavy atom. The van der Waals surface area contributed by atoms with Crippen LogP contribution in [0, 0.1) is 0 Å². The quantitative estimate of drug-likeness (QED) is 0.438. The van der Waals surface area contributed by atoms with E-state index in [0.29, 0.717) is 6.54 Å². The Morgan fingerprint density at radius 3 is 2.11 bits per heavy atom. The smallest absolute Gasteiger partial charge is 0.195 e. The summed E-state index contributed by atoms with van der Waals surface area (Å²) < 4.78 is 0. The third-order valence-electron chi connectivity index (χ3n) is 2.38. The molecule has 0 amide bonds. The van der Waals surface area contributed by atoms with Gasteiger partial charge in [0.15, 0.2) is 5.96 Å². The third kappa shape index (κ3) is 5.64. The Kier molecular flexibility index (Phi) is 7.28. The number of aromatic nitrogens is 1. The van der Waals surface area contributed by atoms with Crippen molar-refractivity contribution in [3.8, 4) is 0 Å². The first kappa shape index (κ1) is 18.6. The van der Waals surface area contributed by atoms with E-state index in [-0.39, 0.29) is 29.4 Å². The van der Waals surface area contributed by atoms with Crippen LogP contribution in [-0.4, -0.2) is 48.9 Å². The first-order chi connectivity index (χ1) is 8.21. The van der Waals surface area contributed by atoms with E-state index in [2.05, 4.69) is 36.1 Å². The van der Waals surface area contributed by atoms with Gasteiger partial charge in [-0.05, 0) is 0 Å². The Balaban J connectivity index is 0.00000324. The fraction of sp³-hybridized carbons (Fsp3) is 0.692. The average Bonchev–Trinajstić information content (AvgIpc) is 2.64. The van der Waals surface area contributed by atoms with Gasteiger partial charge >= 0.3 is 0 Å². The molecule has 0 aliphatic heterocycles. The summed E-state index contributed by atoms with van der Waals surface area (Å²) in [4.78, 5) is 13.3. The summed E-state index contributed by atoms with van der Waals surface area (Å²) in [5.41, 5.74) is 1.17. The van der Waals surface area contributed by atoms with Gasteiger partial charge < -0.3 is 9.80 Å². The maximum Gasteiger partial charge on any atom is 0.195 e. The van der Waals surface area contributed by atoms with Crippen molar-refractivity contribution in [3.05, 3.63) is 16.1 Å². The fourth-order valence-corrected chi connectivity index (χ4v) is 2.46. The number of rotatable bonds is 2. The highest BCUT2D eigenvalue weighted by Crippen LogP contribution is 2.25. The molecule has 4 nitrogen and oxygen atoms in total. The van der Waals surface area contributed by atoms with Gasteiger partial charge in [0.2, 0.25) is 0 Å². The third-order valence-corrected chi connectivity index (χ3v) is 3.69. The van der Waals surface area contributed by atoms with Crippen LogP contribution in [0.3, 0.4) is 0 Å². The molecule has 0 saturated heterocycles. The fourth-order valence-electron chi connectivity index (χ4n) is 1.56. The van der Waals surface area contributed by atoms with Crippen molar-refractivity contribution in [2.45, 2.75) is 32.7 Å². The summed E-state index contributed by atoms with van der Waals surface area (Å²) in [5.74, 6) is 0.959. The first-order valence-corrected chi connectivity index (χ1v) is 6.93. The van der Waals surface area contributed by atoms with Gasteiger partial charge in [-0.2, -0.15) is 0 Å². The van der Waals surface area contributed by atoms with E-state index < -0.39 is 0 Å². The van der Waals surface area contributed by atoms with Crippen LogP contribution in [0.2, 0.25) is 0 Å². The van der Waals surface area contributed by atoms with Gasteiger partial charge in [0.05, 0.1) is 17.2 Å². The molecule has 19 heavy (non-hydrogen) atoms. The van der Waals surface area contributed by atoms with Gasteiger partial charge in [0.25, 0.3) is 0 Å². The number of hydrogen-bond acceptors (Lipinski definition) is 3. The molecule has 0 aromatic carbocycles. The molecular formula is C13H25IN4S. The van der Waals surface area contributed by atoms with Crippen molar-refractivity contribution in [1.29, 1.82) is 0 Å². The Bertz CT molecular complexity index is 409. The van der Waals surface area contributed by atoms with Crippen LogP contribution in [0.1, 0.15) is 31.5 Å². The first-order valence-electron chi connectivity index (χ1n) is 6.06. The minimum atomic E-state index is 0. The standard InChI is InChI=1S/C13H24N4S.HI/c1-13(2,3)11-15-10(9-18-11)8-14-12(16(4)5)17(6)7;/h9H,8H2,1-7H3;1H. The van der Waals surface area contributed by atoms with E-state index in [1.807, 2.05) is 38.0 Å². The van der Waals surface area contributed by atoms with Gasteiger partial charge in [0.1, 0.15) is 0 Å². The minimum absolute atomic E-state index is 0. The van der Waals surface area contributed by atoms with E-state index >= 15 is 0 Å². The number of aliphatic imine (C=N–C) groups is 1. The van der Waals surface area contributed by atoms with Crippen LogP contribution in [0.25, 0.3) is 0 Å². The number of guanidine groups is 1. The Morgan fingerprint density at radius 1 is 1.21 bits per heavy atom. The summed E-state index contributed by atoms with van der Waals surface area (Å²) in [5, 5.41) is 3.27. The Labute approximate surface area is 137 Å². The van der Waals surface area contributed by atoms with Crippen LogP contribution in [0.15, 0.2) is 10.4 Å². The molecule has 0 spiro atoms. The molecule has 0 aliphatic carbocycles. The van der Waals surface area contributed by atoms with Crippen molar-refractivity contribution in [1.82, 2.24) is 14.8 Å². The summed E-state index contributed by atoms with van der Waals surface area (Å²) in [6.45, 7) is 7.19. The van der Waals surface area contributed by atoms with E-state index in [9.17, 15) is 0 Å². The van der Waals surface area contributed by atoms with Crippen LogP contribution < -0.4 is 0 Å². The second-order valence-electron chi connectivity index (χ2n) is 5.80. The lowest BCUT2D eigenvalue weighted by Gasteiger charge is -2.22. The molecule has 1 rings (SSSR count). The number of halogens is 1. The van der Waals surface area contributed by atoms with Gasteiger partial charge in [-0.15, -0.1) is 35.3 Å². The van der Waals surface area contributed by atoms with Crippen molar-refractivity contribution < 1.29 is 0 Å². The SMILES string of the molecule is CN(C)C(=NCc1csc(C(C)(C)C)n1)N(C)C.I. The molecule has 1 aromatic rings. The monoisotopic (exact) mass is 396 g/mol. The molecule has 0 fully saturated rings. The maximum absolute atomic E-state index is 4.65. The molecule has 0 bridgehead atoms. The molecule has 0 atom stereocenters. The van der Waals surface area contributed by atoms with Crippen LogP contribution in [0.4, 0.5) is 0 Å². The molecule has 0 radical (unpaired) electrons. The number of thiazole rings is 1. The summed E-state index contributed by atoms with van der Waals surface area (Å²) >= 11 is 1.72. The predicted molar refractivity (Wildman–Crippen MR) is 94.7 cm³/mol. The lowest BCUT2D eigenvalue weighted by molar-refractivity contribution is 0.479. The number of nitrogens with zero attached hydrogens (tertiary/aromatic N) is 4. The molecule has 0 unspecified atom stereocenters. The van der Waals surface area contributed by atoms with Crippen LogP contribution in [0.5, 0.6) is 0 Å². The lowest BCUT2D eigenvalue weighted by atomic mass is 9.98. The second-order valence-corrected chi connectivity index (χ2v) is 6.66. The molecule has 6 heteroatoms. The average molecular weight is 396 g/mol. The molecule has 0 saturated carbocycles. The van der Waals surface area contributed by atoms with E-state index in [1.165, 1.54) is 5.01 Å². The van der Waals surface area contributed by atoms with Crippen molar-refractivity contribution in [3.63, 3.8) is 0 Å². The Hall–Kier alpha value is -0.370. The normalized spacial score (nSPS) is 10.7. The van der Waals surface area contributed by atoms with E-state index in [4.69, 9.17) is 0 Å². The van der Waals surface area contributed by atoms with Crippen LogP contribution in [-0.2, 0) is 12.0 Å². The summed E-state index contributed by atoms with van der Waals surface area (Å²) in [6, 6.07) is 0. The molecule has 0 N–H and O–H groups in total. The van der Waals surface area contributed by atoms with Gasteiger partial charge in [-0.25, -0.2) is 9.98 Å². The maximum atomic E-state index is 4.65. The molecule has 110 valence electrons. The zero-order chi connectivity index (χ0) is 13.9. The summed E-state index contributed by atoms with van der Waals surface area (Å²) in [6.07, 6.45) is 0. The lowest BCUT2D eigenvalue weighted by Crippen LogP contribution is -2.35. The van der Waals surface area contributed by atoms with Crippen molar-refractivity contribution in [2.24, 2.45) is 4.99 Å². The van der Waals surface area contributed by atoms with Crippen molar-refractivity contribution >= 4 is 41.3 Å². The topological polar surface area (TPSA) is 31.7 Å². The highest BCUT2D eigenvalue weighted by Gasteiger charge is 2.17. The molecule has 0 aliphatic rings. The largest absolute Gasteiger partial charge is 0.349 e. The van der Waals surface area contributed by atoms with Gasteiger partial charge in [0, 0.05) is 39.0 Å². The molecule has 1 aromatic heterocycles. The minimum Gasteiger partial charge on any atom is -0.349 e. The summed E-state index contributed by atoms with van der Waals surface area (Å²) in [7, 11) is 8.00. The zero-order valence-electron chi connectivity index (χ0n) is 12.9. The highest BCUT2D eigenvalue weighted by atomic mass is 127. The van der Waals surface area contributed by atoms with E-state index in [0.717, 1.165) is 11.7 Å². The van der Waals surface area contributed by atoms with Gasteiger partial charge in [-0.1, -0.05) is 20.8 Å². The van der Waals surface area contributed by atoms with Crippen LogP contribution >= 0.6 is 35.3 Å². The van der Waals surface area contributed by atoms with Crippen molar-refractivity contribution in [2.75, 3.05) is 28.2 Å². The predicted octanol–water partition coefficient (Wildman–Crippen LogP) is 3.04. The zero-order valence-corrected chi connectivity index (χ0v) is 16.0. The second kappa shape index (κ2) is 7.42. The highest BCUT2D eigenvalue weighted by molar-refractivity contribution is 14.0. The molecular weight excluding hydrogens is 371 g/mol. The van der Waals surface area contributed by atoms with Gasteiger partial charge in [-0.3, -0.25) is 0 Å². The number of hydrogen-bond donors (Lipinski definition) is 0.